The van der Waals surface area contributed by atoms with Crippen molar-refractivity contribution in [2.24, 2.45) is 0 Å². The van der Waals surface area contributed by atoms with Crippen molar-refractivity contribution >= 4 is 5.82 Å². The van der Waals surface area contributed by atoms with Crippen LogP contribution in [-0.2, 0) is 9.47 Å². The van der Waals surface area contributed by atoms with Gasteiger partial charge in [0.1, 0.15) is 11.6 Å². The van der Waals surface area contributed by atoms with E-state index >= 15 is 0 Å². The van der Waals surface area contributed by atoms with E-state index in [1.807, 2.05) is 54.5 Å². The number of benzene rings is 1. The molecule has 2 aromatic rings. The minimum absolute atomic E-state index is 0.277. The van der Waals surface area contributed by atoms with Gasteiger partial charge < -0.3 is 19.1 Å². The monoisotopic (exact) mass is 302 g/mol. The lowest BCUT2D eigenvalue weighted by Gasteiger charge is -2.23. The summed E-state index contributed by atoms with van der Waals surface area (Å²) in [5.41, 5.74) is 2.04. The van der Waals surface area contributed by atoms with Crippen LogP contribution in [0.3, 0.4) is 0 Å². The zero-order valence-corrected chi connectivity index (χ0v) is 13.4. The highest BCUT2D eigenvalue weighted by atomic mass is 16.7. The zero-order valence-electron chi connectivity index (χ0n) is 13.4. The lowest BCUT2D eigenvalue weighted by atomic mass is 10.1. The van der Waals surface area contributed by atoms with Gasteiger partial charge in [0, 0.05) is 38.6 Å². The molecule has 5 heteroatoms. The maximum atomic E-state index is 5.39. The zero-order chi connectivity index (χ0) is 15.9. The van der Waals surface area contributed by atoms with Crippen LogP contribution in [0.2, 0.25) is 0 Å². The van der Waals surface area contributed by atoms with Gasteiger partial charge in [-0.2, -0.15) is 0 Å². The van der Waals surface area contributed by atoms with E-state index in [0.717, 1.165) is 22.7 Å². The Hall–Kier alpha value is -2.11. The highest BCUT2D eigenvalue weighted by Crippen LogP contribution is 2.29. The molecule has 0 spiro atoms. The molecule has 0 fully saturated rings. The summed E-state index contributed by atoms with van der Waals surface area (Å²) in [6.45, 7) is 0.605. The first-order valence-electron chi connectivity index (χ1n) is 7.05. The first-order valence-corrected chi connectivity index (χ1v) is 7.05. The fourth-order valence-corrected chi connectivity index (χ4v) is 2.22. The van der Waals surface area contributed by atoms with E-state index in [-0.39, 0.29) is 6.29 Å². The van der Waals surface area contributed by atoms with Crippen molar-refractivity contribution in [3.63, 3.8) is 0 Å². The van der Waals surface area contributed by atoms with Gasteiger partial charge in [-0.15, -0.1) is 0 Å². The number of rotatable bonds is 7. The van der Waals surface area contributed by atoms with Gasteiger partial charge in [-0.1, -0.05) is 18.2 Å². The van der Waals surface area contributed by atoms with Gasteiger partial charge in [-0.25, -0.2) is 4.98 Å². The number of para-hydroxylation sites is 1. The summed E-state index contributed by atoms with van der Waals surface area (Å²) in [6.07, 6.45) is 1.57. The predicted molar refractivity (Wildman–Crippen MR) is 87.3 cm³/mol. The Morgan fingerprint density at radius 1 is 1.05 bits per heavy atom. The summed E-state index contributed by atoms with van der Waals surface area (Å²) in [4.78, 5) is 6.50. The van der Waals surface area contributed by atoms with Gasteiger partial charge in [0.05, 0.1) is 13.7 Å². The SMILES string of the molecule is COc1ccccc1-c1ccc(N(C)CC(OC)OC)nc1. The van der Waals surface area contributed by atoms with E-state index in [2.05, 4.69) is 4.98 Å². The fourth-order valence-electron chi connectivity index (χ4n) is 2.22. The summed E-state index contributed by atoms with van der Waals surface area (Å²) in [5, 5.41) is 0. The molecule has 1 aromatic heterocycles. The van der Waals surface area contributed by atoms with Crippen molar-refractivity contribution < 1.29 is 14.2 Å². The number of anilines is 1. The summed E-state index contributed by atoms with van der Waals surface area (Å²) >= 11 is 0. The molecular formula is C17H22N2O3. The second-order valence-electron chi connectivity index (χ2n) is 4.89. The molecule has 1 heterocycles. The molecular weight excluding hydrogens is 280 g/mol. The van der Waals surface area contributed by atoms with Crippen molar-refractivity contribution in [2.75, 3.05) is 39.8 Å². The Labute approximate surface area is 131 Å². The average molecular weight is 302 g/mol. The van der Waals surface area contributed by atoms with Crippen LogP contribution in [0.25, 0.3) is 11.1 Å². The number of nitrogens with zero attached hydrogens (tertiary/aromatic N) is 2. The highest BCUT2D eigenvalue weighted by Gasteiger charge is 2.11. The molecule has 118 valence electrons. The quantitative estimate of drug-likeness (QED) is 0.736. The number of ether oxygens (including phenoxy) is 3. The van der Waals surface area contributed by atoms with E-state index in [0.29, 0.717) is 6.54 Å². The van der Waals surface area contributed by atoms with Crippen molar-refractivity contribution in [1.82, 2.24) is 4.98 Å². The standard InChI is InChI=1S/C17H22N2O3/c1-19(12-17(21-3)22-4)16-10-9-13(11-18-16)14-7-5-6-8-15(14)20-2/h5-11,17H,12H2,1-4H3. The highest BCUT2D eigenvalue weighted by molar-refractivity contribution is 5.70. The first kappa shape index (κ1) is 16.3. The molecule has 0 amide bonds. The molecule has 5 nitrogen and oxygen atoms in total. The fraction of sp³-hybridized carbons (Fsp3) is 0.353. The Kier molecular flexibility index (Phi) is 5.75. The Morgan fingerprint density at radius 3 is 2.36 bits per heavy atom. The third-order valence-corrected chi connectivity index (χ3v) is 3.51. The normalized spacial score (nSPS) is 10.8. The van der Waals surface area contributed by atoms with Crippen molar-refractivity contribution in [1.29, 1.82) is 0 Å². The molecule has 0 aliphatic heterocycles. The van der Waals surface area contributed by atoms with Gasteiger partial charge in [-0.05, 0) is 18.2 Å². The van der Waals surface area contributed by atoms with Gasteiger partial charge in [0.15, 0.2) is 6.29 Å². The maximum absolute atomic E-state index is 5.39. The molecule has 0 bridgehead atoms. The van der Waals surface area contributed by atoms with Crippen LogP contribution in [-0.4, -0.2) is 46.2 Å². The van der Waals surface area contributed by atoms with Crippen LogP contribution in [0.15, 0.2) is 42.6 Å². The number of methoxy groups -OCH3 is 3. The molecule has 0 saturated carbocycles. The van der Waals surface area contributed by atoms with Crippen molar-refractivity contribution in [2.45, 2.75) is 6.29 Å². The van der Waals surface area contributed by atoms with Crippen molar-refractivity contribution in [3.8, 4) is 16.9 Å². The molecule has 0 N–H and O–H groups in total. The summed E-state index contributed by atoms with van der Waals surface area (Å²) in [6, 6.07) is 11.9. The molecule has 0 aliphatic carbocycles. The number of aromatic nitrogens is 1. The number of hydrogen-bond donors (Lipinski definition) is 0. The van der Waals surface area contributed by atoms with Crippen LogP contribution in [0.5, 0.6) is 5.75 Å². The minimum Gasteiger partial charge on any atom is -0.496 e. The second-order valence-corrected chi connectivity index (χ2v) is 4.89. The minimum atomic E-state index is -0.277. The molecule has 0 aliphatic rings. The second kappa shape index (κ2) is 7.77. The Morgan fingerprint density at radius 2 is 1.77 bits per heavy atom. The van der Waals surface area contributed by atoms with E-state index in [1.165, 1.54) is 0 Å². The largest absolute Gasteiger partial charge is 0.496 e. The molecule has 0 saturated heterocycles. The van der Waals surface area contributed by atoms with Crippen LogP contribution in [0, 0.1) is 0 Å². The number of pyridine rings is 1. The Balaban J connectivity index is 2.16. The molecule has 0 unspecified atom stereocenters. The topological polar surface area (TPSA) is 43.8 Å². The lowest BCUT2D eigenvalue weighted by molar-refractivity contribution is -0.0944. The van der Waals surface area contributed by atoms with Gasteiger partial charge in [0.25, 0.3) is 0 Å². The summed E-state index contributed by atoms with van der Waals surface area (Å²) in [5.74, 6) is 1.70. The van der Waals surface area contributed by atoms with Gasteiger partial charge in [0.2, 0.25) is 0 Å². The summed E-state index contributed by atoms with van der Waals surface area (Å²) in [7, 11) is 6.88. The maximum Gasteiger partial charge on any atom is 0.174 e. The average Bonchev–Trinajstić information content (AvgIpc) is 2.59. The van der Waals surface area contributed by atoms with Gasteiger partial charge in [-0.3, -0.25) is 0 Å². The third kappa shape index (κ3) is 3.75. The van der Waals surface area contributed by atoms with E-state index in [1.54, 1.807) is 21.3 Å². The smallest absolute Gasteiger partial charge is 0.174 e. The van der Waals surface area contributed by atoms with E-state index < -0.39 is 0 Å². The summed E-state index contributed by atoms with van der Waals surface area (Å²) < 4.78 is 15.8. The number of likely N-dealkylation sites (N-methyl/N-ethyl adjacent to an activating group) is 1. The predicted octanol–water partition coefficient (Wildman–Crippen LogP) is 2.81. The molecule has 0 atom stereocenters. The molecule has 2 rings (SSSR count). The van der Waals surface area contributed by atoms with Crippen LogP contribution < -0.4 is 9.64 Å². The van der Waals surface area contributed by atoms with E-state index in [9.17, 15) is 0 Å². The third-order valence-electron chi connectivity index (χ3n) is 3.51. The molecule has 0 radical (unpaired) electrons. The lowest BCUT2D eigenvalue weighted by Crippen LogP contribution is -2.32. The van der Waals surface area contributed by atoms with Crippen LogP contribution >= 0.6 is 0 Å². The number of hydrogen-bond acceptors (Lipinski definition) is 5. The van der Waals surface area contributed by atoms with E-state index in [4.69, 9.17) is 14.2 Å². The van der Waals surface area contributed by atoms with Crippen molar-refractivity contribution in [3.05, 3.63) is 42.6 Å². The Bertz CT molecular complexity index is 583. The van der Waals surface area contributed by atoms with Crippen LogP contribution in [0.4, 0.5) is 5.82 Å². The molecule has 22 heavy (non-hydrogen) atoms. The van der Waals surface area contributed by atoms with Gasteiger partial charge >= 0.3 is 0 Å². The van der Waals surface area contributed by atoms with Crippen LogP contribution in [0.1, 0.15) is 0 Å². The molecule has 1 aromatic carbocycles. The first-order chi connectivity index (χ1) is 10.7.